The Bertz CT molecular complexity index is 591. The van der Waals surface area contributed by atoms with Crippen molar-refractivity contribution in [3.8, 4) is 11.4 Å². The molecule has 0 aliphatic heterocycles. The number of alkyl halides is 3. The Morgan fingerprint density at radius 3 is 2.33 bits per heavy atom. The molecule has 1 aromatic carbocycles. The summed E-state index contributed by atoms with van der Waals surface area (Å²) >= 11 is 0. The maximum Gasteiger partial charge on any atom is 0.414 e. The molecular weight excluding hydrogens is 285 g/mol. The fraction of sp³-hybridized carbons (Fsp3) is 0.429. The first kappa shape index (κ1) is 15.5. The highest BCUT2D eigenvalue weighted by Gasteiger charge is 2.39. The van der Waals surface area contributed by atoms with Crippen molar-refractivity contribution in [2.45, 2.75) is 38.5 Å². The summed E-state index contributed by atoms with van der Waals surface area (Å²) in [6.07, 6.45) is -7.96. The summed E-state index contributed by atoms with van der Waals surface area (Å²) in [7, 11) is 0. The molecule has 7 heteroatoms. The summed E-state index contributed by atoms with van der Waals surface area (Å²) in [6, 6.07) is 7.37. The van der Waals surface area contributed by atoms with Crippen LogP contribution in [0.3, 0.4) is 0 Å². The van der Waals surface area contributed by atoms with Crippen molar-refractivity contribution in [1.82, 2.24) is 10.1 Å². The summed E-state index contributed by atoms with van der Waals surface area (Å²) in [6.45, 7) is 4.11. The molecule has 0 aliphatic carbocycles. The van der Waals surface area contributed by atoms with Crippen LogP contribution in [0.15, 0.2) is 28.8 Å². The maximum absolute atomic E-state index is 12.2. The van der Waals surface area contributed by atoms with E-state index in [1.165, 1.54) is 0 Å². The summed E-state index contributed by atoms with van der Waals surface area (Å²) in [5.41, 5.74) is 1.78. The molecule has 1 unspecified atom stereocenters. The van der Waals surface area contributed by atoms with E-state index in [2.05, 4.69) is 24.0 Å². The number of aromatic nitrogens is 2. The molecule has 0 saturated carbocycles. The number of rotatable bonds is 4. The third-order valence-corrected chi connectivity index (χ3v) is 3.05. The zero-order valence-corrected chi connectivity index (χ0v) is 11.6. The third kappa shape index (κ3) is 3.81. The molecule has 4 nitrogen and oxygen atoms in total. The van der Waals surface area contributed by atoms with Gasteiger partial charge in [0.1, 0.15) is 0 Å². The number of hydrogen-bond acceptors (Lipinski definition) is 4. The molecule has 0 spiro atoms. The number of nitrogens with zero attached hydrogens (tertiary/aromatic N) is 2. The lowest BCUT2D eigenvalue weighted by atomic mass is 10.0. The van der Waals surface area contributed by atoms with Gasteiger partial charge in [-0.1, -0.05) is 43.3 Å². The Labute approximate surface area is 119 Å². The lowest BCUT2D eigenvalue weighted by molar-refractivity contribution is -0.204. The van der Waals surface area contributed by atoms with E-state index < -0.39 is 18.7 Å². The van der Waals surface area contributed by atoms with Crippen LogP contribution < -0.4 is 0 Å². The van der Waals surface area contributed by atoms with E-state index in [0.717, 1.165) is 5.56 Å². The van der Waals surface area contributed by atoms with Crippen LogP contribution in [0.2, 0.25) is 0 Å². The van der Waals surface area contributed by atoms with Gasteiger partial charge in [-0.25, -0.2) is 0 Å². The summed E-state index contributed by atoms with van der Waals surface area (Å²) in [4.78, 5) is 3.87. The molecule has 0 bridgehead atoms. The van der Waals surface area contributed by atoms with Gasteiger partial charge in [-0.15, -0.1) is 0 Å². The molecule has 0 amide bonds. The SMILES string of the molecule is CC(C)c1ccc(-c2noc(CC(O)C(F)(F)F)n2)cc1. The van der Waals surface area contributed by atoms with Gasteiger partial charge in [0.05, 0.1) is 6.42 Å². The molecule has 2 aromatic rings. The maximum atomic E-state index is 12.2. The fourth-order valence-corrected chi connectivity index (χ4v) is 1.75. The average molecular weight is 300 g/mol. The smallest absolute Gasteiger partial charge is 0.383 e. The van der Waals surface area contributed by atoms with E-state index in [1.807, 2.05) is 12.1 Å². The lowest BCUT2D eigenvalue weighted by Crippen LogP contribution is -2.30. The van der Waals surface area contributed by atoms with Gasteiger partial charge in [-0.3, -0.25) is 0 Å². The number of halogens is 3. The molecule has 0 saturated heterocycles. The highest BCUT2D eigenvalue weighted by Crippen LogP contribution is 2.24. The molecule has 114 valence electrons. The van der Waals surface area contributed by atoms with Crippen molar-refractivity contribution in [2.75, 3.05) is 0 Å². The van der Waals surface area contributed by atoms with Crippen LogP contribution in [-0.2, 0) is 6.42 Å². The molecule has 2 rings (SSSR count). The largest absolute Gasteiger partial charge is 0.414 e. The minimum absolute atomic E-state index is 0.203. The van der Waals surface area contributed by atoms with Crippen LogP contribution in [0, 0.1) is 0 Å². The lowest BCUT2D eigenvalue weighted by Gasteiger charge is -2.11. The predicted molar refractivity (Wildman–Crippen MR) is 69.6 cm³/mol. The third-order valence-electron chi connectivity index (χ3n) is 3.05. The zero-order valence-electron chi connectivity index (χ0n) is 11.6. The van der Waals surface area contributed by atoms with Crippen LogP contribution in [0.25, 0.3) is 11.4 Å². The summed E-state index contributed by atoms with van der Waals surface area (Å²) in [5.74, 6) is 0.333. The predicted octanol–water partition coefficient (Wildman–Crippen LogP) is 3.33. The molecule has 1 aromatic heterocycles. The van der Waals surface area contributed by atoms with Crippen molar-refractivity contribution < 1.29 is 22.8 Å². The Morgan fingerprint density at radius 2 is 1.81 bits per heavy atom. The van der Waals surface area contributed by atoms with Crippen LogP contribution in [-0.4, -0.2) is 27.5 Å². The summed E-state index contributed by atoms with van der Waals surface area (Å²) in [5, 5.41) is 12.6. The molecule has 1 heterocycles. The van der Waals surface area contributed by atoms with Crippen LogP contribution in [0.4, 0.5) is 13.2 Å². The number of hydrogen-bond donors (Lipinski definition) is 1. The molecular formula is C14H15F3N2O2. The Kier molecular flexibility index (Phi) is 4.32. The van der Waals surface area contributed by atoms with Gasteiger partial charge in [-0.2, -0.15) is 18.2 Å². The Morgan fingerprint density at radius 1 is 1.19 bits per heavy atom. The van der Waals surface area contributed by atoms with Gasteiger partial charge in [0.15, 0.2) is 6.10 Å². The van der Waals surface area contributed by atoms with Crippen LogP contribution in [0.5, 0.6) is 0 Å². The van der Waals surface area contributed by atoms with E-state index >= 15 is 0 Å². The van der Waals surface area contributed by atoms with Crippen molar-refractivity contribution in [3.63, 3.8) is 0 Å². The summed E-state index contributed by atoms with van der Waals surface area (Å²) < 4.78 is 41.5. The standard InChI is InChI=1S/C14H15F3N2O2/c1-8(2)9-3-5-10(6-4-9)13-18-12(21-19-13)7-11(20)14(15,16)17/h3-6,8,11,20H,7H2,1-2H3. The van der Waals surface area contributed by atoms with E-state index in [0.29, 0.717) is 11.5 Å². The highest BCUT2D eigenvalue weighted by atomic mass is 19.4. The molecule has 0 fully saturated rings. The van der Waals surface area contributed by atoms with Crippen molar-refractivity contribution >= 4 is 0 Å². The normalized spacial score (nSPS) is 13.7. The molecule has 1 atom stereocenters. The highest BCUT2D eigenvalue weighted by molar-refractivity contribution is 5.54. The Hall–Kier alpha value is -1.89. The second-order valence-corrected chi connectivity index (χ2v) is 5.05. The molecule has 1 N–H and O–H groups in total. The monoisotopic (exact) mass is 300 g/mol. The molecule has 0 radical (unpaired) electrons. The van der Waals surface area contributed by atoms with Crippen molar-refractivity contribution in [3.05, 3.63) is 35.7 Å². The minimum atomic E-state index is -4.70. The number of aliphatic hydroxyl groups excluding tert-OH is 1. The van der Waals surface area contributed by atoms with E-state index in [1.54, 1.807) is 12.1 Å². The van der Waals surface area contributed by atoms with Crippen LogP contribution >= 0.6 is 0 Å². The van der Waals surface area contributed by atoms with Gasteiger partial charge in [0.25, 0.3) is 0 Å². The number of aliphatic hydroxyl groups is 1. The van der Waals surface area contributed by atoms with Gasteiger partial charge >= 0.3 is 6.18 Å². The first-order valence-electron chi connectivity index (χ1n) is 6.45. The topological polar surface area (TPSA) is 59.2 Å². The molecule has 21 heavy (non-hydrogen) atoms. The van der Waals surface area contributed by atoms with E-state index in [9.17, 15) is 13.2 Å². The minimum Gasteiger partial charge on any atom is -0.383 e. The van der Waals surface area contributed by atoms with Gasteiger partial charge < -0.3 is 9.63 Å². The first-order chi connectivity index (χ1) is 9.77. The average Bonchev–Trinajstić information content (AvgIpc) is 2.86. The van der Waals surface area contributed by atoms with Crippen molar-refractivity contribution in [2.24, 2.45) is 0 Å². The van der Waals surface area contributed by atoms with E-state index in [-0.39, 0.29) is 11.7 Å². The zero-order chi connectivity index (χ0) is 15.6. The second-order valence-electron chi connectivity index (χ2n) is 5.05. The second kappa shape index (κ2) is 5.85. The fourth-order valence-electron chi connectivity index (χ4n) is 1.75. The quantitative estimate of drug-likeness (QED) is 0.941. The van der Waals surface area contributed by atoms with Gasteiger partial charge in [0.2, 0.25) is 11.7 Å². The first-order valence-corrected chi connectivity index (χ1v) is 6.45. The molecule has 0 aliphatic rings. The number of benzene rings is 1. The van der Waals surface area contributed by atoms with Gasteiger partial charge in [-0.05, 0) is 11.5 Å². The van der Waals surface area contributed by atoms with Gasteiger partial charge in [0, 0.05) is 5.56 Å². The Balaban J connectivity index is 2.12. The van der Waals surface area contributed by atoms with Crippen LogP contribution in [0.1, 0.15) is 31.2 Å². The van der Waals surface area contributed by atoms with Crippen molar-refractivity contribution in [1.29, 1.82) is 0 Å². The van der Waals surface area contributed by atoms with E-state index in [4.69, 9.17) is 9.63 Å².